The van der Waals surface area contributed by atoms with Crippen LogP contribution in [-0.4, -0.2) is 33.7 Å². The lowest BCUT2D eigenvalue weighted by atomic mass is 9.90. The van der Waals surface area contributed by atoms with Gasteiger partial charge >= 0.3 is 0 Å². The zero-order valence-corrected chi connectivity index (χ0v) is 17.7. The van der Waals surface area contributed by atoms with Crippen molar-refractivity contribution in [2.45, 2.75) is 24.4 Å². The minimum absolute atomic E-state index is 0.460. The number of nitrogens with zero attached hydrogens (tertiary/aromatic N) is 3. The van der Waals surface area contributed by atoms with E-state index in [4.69, 9.17) is 15.8 Å². The van der Waals surface area contributed by atoms with Crippen LogP contribution in [0.5, 0.6) is 0 Å². The molecule has 6 N–H and O–H groups in total. The number of benzene rings is 1. The number of pyridine rings is 1. The van der Waals surface area contributed by atoms with Crippen molar-refractivity contribution in [3.8, 4) is 11.3 Å². The fourth-order valence-corrected chi connectivity index (χ4v) is 4.53. The van der Waals surface area contributed by atoms with Gasteiger partial charge in [-0.15, -0.1) is 5.10 Å². The van der Waals surface area contributed by atoms with Gasteiger partial charge in [0.1, 0.15) is 11.4 Å². The highest BCUT2D eigenvalue weighted by Gasteiger charge is 2.34. The average Bonchev–Trinajstić information content (AvgIpc) is 3.45. The topological polar surface area (TPSA) is 104 Å². The standard InChI is InChI=1S/C24H26N8/c25-24(12-9-18-19(15-24)29-30-22(18)27-17-10-13-26-14-11-17)23-28-21-8-4-7-20(32(21)31-23)16-5-2-1-3-6-16/h1-9,12,15,17,26-27,29-30H,10-11,13-14,25H2. The van der Waals surface area contributed by atoms with Gasteiger partial charge in [-0.25, -0.2) is 9.50 Å². The van der Waals surface area contributed by atoms with Gasteiger partial charge in [0.25, 0.3) is 0 Å². The normalized spacial score (nSPS) is 23.0. The van der Waals surface area contributed by atoms with Gasteiger partial charge in [0.05, 0.1) is 11.4 Å². The largest absolute Gasteiger partial charge is 0.367 e. The quantitative estimate of drug-likeness (QED) is 0.432. The lowest BCUT2D eigenvalue weighted by Gasteiger charge is -2.25. The zero-order valence-electron chi connectivity index (χ0n) is 17.7. The monoisotopic (exact) mass is 426 g/mol. The van der Waals surface area contributed by atoms with Crippen molar-refractivity contribution >= 4 is 5.65 Å². The number of nitrogens with one attached hydrogen (secondary N) is 4. The Morgan fingerprint density at radius 3 is 2.72 bits per heavy atom. The molecule has 1 fully saturated rings. The van der Waals surface area contributed by atoms with Crippen molar-refractivity contribution in [1.29, 1.82) is 0 Å². The summed E-state index contributed by atoms with van der Waals surface area (Å²) in [6.07, 6.45) is 8.23. The van der Waals surface area contributed by atoms with Crippen molar-refractivity contribution in [2.75, 3.05) is 13.1 Å². The van der Waals surface area contributed by atoms with Gasteiger partial charge in [-0.2, -0.15) is 0 Å². The highest BCUT2D eigenvalue weighted by molar-refractivity contribution is 5.63. The number of rotatable bonds is 4. The van der Waals surface area contributed by atoms with E-state index < -0.39 is 5.54 Å². The maximum absolute atomic E-state index is 6.80. The third-order valence-electron chi connectivity index (χ3n) is 6.29. The van der Waals surface area contributed by atoms with Gasteiger partial charge in [-0.05, 0) is 44.1 Å². The summed E-state index contributed by atoms with van der Waals surface area (Å²) in [5.74, 6) is 1.56. The molecule has 0 spiro atoms. The number of fused-ring (bicyclic) bond motifs is 2. The molecule has 2 aromatic heterocycles. The van der Waals surface area contributed by atoms with E-state index in [-0.39, 0.29) is 0 Å². The SMILES string of the molecule is NC1(c2nc3cccc(-c4ccccc4)n3n2)C=CC2=C(NC3CCNCC3)NNC2=C1. The summed E-state index contributed by atoms with van der Waals surface area (Å²) in [5.41, 5.74) is 17.3. The van der Waals surface area contributed by atoms with Crippen LogP contribution in [0.4, 0.5) is 0 Å². The Morgan fingerprint density at radius 2 is 1.88 bits per heavy atom. The smallest absolute Gasteiger partial charge is 0.179 e. The second-order valence-corrected chi connectivity index (χ2v) is 8.51. The maximum atomic E-state index is 6.80. The molecule has 1 saturated heterocycles. The first-order valence-corrected chi connectivity index (χ1v) is 11.1. The molecule has 4 heterocycles. The van der Waals surface area contributed by atoms with Crippen LogP contribution in [0.2, 0.25) is 0 Å². The molecule has 32 heavy (non-hydrogen) atoms. The lowest BCUT2D eigenvalue weighted by molar-refractivity contribution is 0.402. The average molecular weight is 427 g/mol. The Kier molecular flexibility index (Phi) is 4.48. The third-order valence-corrected chi connectivity index (χ3v) is 6.29. The highest BCUT2D eigenvalue weighted by atomic mass is 15.4. The summed E-state index contributed by atoms with van der Waals surface area (Å²) in [5, 5.41) is 11.8. The Morgan fingerprint density at radius 1 is 1.03 bits per heavy atom. The molecule has 0 bridgehead atoms. The Bertz CT molecular complexity index is 1250. The first kappa shape index (κ1) is 19.1. The fourth-order valence-electron chi connectivity index (χ4n) is 4.53. The number of hydrazine groups is 1. The van der Waals surface area contributed by atoms with E-state index in [0.29, 0.717) is 11.9 Å². The van der Waals surface area contributed by atoms with E-state index >= 15 is 0 Å². The molecular formula is C24H26N8. The summed E-state index contributed by atoms with van der Waals surface area (Å²) in [4.78, 5) is 4.77. The van der Waals surface area contributed by atoms with Gasteiger partial charge in [0.2, 0.25) is 0 Å². The van der Waals surface area contributed by atoms with Gasteiger partial charge in [0.15, 0.2) is 11.5 Å². The summed E-state index contributed by atoms with van der Waals surface area (Å²) in [7, 11) is 0. The number of nitrogens with two attached hydrogens (primary N) is 1. The number of allylic oxidation sites excluding steroid dienone is 1. The molecule has 6 rings (SSSR count). The first-order valence-electron chi connectivity index (χ1n) is 11.1. The van der Waals surface area contributed by atoms with E-state index in [1.54, 1.807) is 0 Å². The van der Waals surface area contributed by atoms with Crippen molar-refractivity contribution in [2.24, 2.45) is 5.73 Å². The van der Waals surface area contributed by atoms with Crippen LogP contribution in [0, 0.1) is 0 Å². The maximum Gasteiger partial charge on any atom is 0.179 e. The first-order chi connectivity index (χ1) is 15.7. The summed E-state index contributed by atoms with van der Waals surface area (Å²) >= 11 is 0. The molecular weight excluding hydrogens is 400 g/mol. The number of piperidine rings is 1. The molecule has 3 aromatic rings. The summed E-state index contributed by atoms with van der Waals surface area (Å²) in [6.45, 7) is 2.09. The van der Waals surface area contributed by atoms with E-state index in [0.717, 1.165) is 59.9 Å². The number of aromatic nitrogens is 3. The molecule has 3 aliphatic rings. The molecule has 1 aliphatic carbocycles. The molecule has 1 atom stereocenters. The summed E-state index contributed by atoms with van der Waals surface area (Å²) < 4.78 is 1.86. The molecule has 8 heteroatoms. The van der Waals surface area contributed by atoms with Crippen LogP contribution in [0.1, 0.15) is 18.7 Å². The van der Waals surface area contributed by atoms with Crippen molar-refractivity contribution in [3.05, 3.63) is 89.7 Å². The van der Waals surface area contributed by atoms with Crippen molar-refractivity contribution in [3.63, 3.8) is 0 Å². The molecule has 0 saturated carbocycles. The number of hydrogen-bond donors (Lipinski definition) is 5. The van der Waals surface area contributed by atoms with Gasteiger partial charge in [-0.3, -0.25) is 10.9 Å². The van der Waals surface area contributed by atoms with E-state index in [1.807, 2.05) is 53.1 Å². The minimum Gasteiger partial charge on any atom is -0.367 e. The van der Waals surface area contributed by atoms with Crippen LogP contribution in [0.15, 0.2) is 83.9 Å². The van der Waals surface area contributed by atoms with Gasteiger partial charge in [0, 0.05) is 17.2 Å². The predicted molar refractivity (Wildman–Crippen MR) is 124 cm³/mol. The molecule has 8 nitrogen and oxygen atoms in total. The second kappa shape index (κ2) is 7.51. The fraction of sp³-hybridized carbons (Fsp3) is 0.250. The van der Waals surface area contributed by atoms with Gasteiger partial charge in [-0.1, -0.05) is 48.6 Å². The Hall–Kier alpha value is -3.62. The highest BCUT2D eigenvalue weighted by Crippen LogP contribution is 2.31. The lowest BCUT2D eigenvalue weighted by Crippen LogP contribution is -2.42. The Balaban J connectivity index is 1.33. The minimum atomic E-state index is -0.905. The van der Waals surface area contributed by atoms with Crippen LogP contribution in [-0.2, 0) is 5.54 Å². The van der Waals surface area contributed by atoms with Gasteiger partial charge < -0.3 is 16.4 Å². The zero-order chi connectivity index (χ0) is 21.5. The Labute approximate surface area is 186 Å². The molecule has 0 radical (unpaired) electrons. The van der Waals surface area contributed by atoms with Crippen LogP contribution < -0.4 is 27.2 Å². The molecule has 1 unspecified atom stereocenters. The van der Waals surface area contributed by atoms with E-state index in [2.05, 4.69) is 39.7 Å². The van der Waals surface area contributed by atoms with Crippen LogP contribution in [0.3, 0.4) is 0 Å². The second-order valence-electron chi connectivity index (χ2n) is 8.51. The molecule has 0 amide bonds. The molecule has 2 aliphatic heterocycles. The van der Waals surface area contributed by atoms with Crippen LogP contribution >= 0.6 is 0 Å². The van der Waals surface area contributed by atoms with Crippen molar-refractivity contribution in [1.82, 2.24) is 36.1 Å². The number of hydrogen-bond acceptors (Lipinski definition) is 7. The van der Waals surface area contributed by atoms with E-state index in [1.165, 1.54) is 0 Å². The molecule has 162 valence electrons. The summed E-state index contributed by atoms with van der Waals surface area (Å²) in [6, 6.07) is 16.6. The molecule has 1 aromatic carbocycles. The predicted octanol–water partition coefficient (Wildman–Crippen LogP) is 1.67. The van der Waals surface area contributed by atoms with Crippen LogP contribution in [0.25, 0.3) is 16.9 Å². The third kappa shape index (κ3) is 3.24. The van der Waals surface area contributed by atoms with E-state index in [9.17, 15) is 0 Å². The van der Waals surface area contributed by atoms with Crippen molar-refractivity contribution < 1.29 is 0 Å².